The second-order valence-electron chi connectivity index (χ2n) is 4.82. The van der Waals surface area contributed by atoms with Crippen LogP contribution in [0.3, 0.4) is 0 Å². The molecule has 0 spiro atoms. The van der Waals surface area contributed by atoms with E-state index in [0.717, 1.165) is 25.9 Å². The summed E-state index contributed by atoms with van der Waals surface area (Å²) >= 11 is 5.99. The minimum atomic E-state index is 0.189. The number of benzene rings is 1. The summed E-state index contributed by atoms with van der Waals surface area (Å²) < 4.78 is 5.55. The van der Waals surface area contributed by atoms with Crippen molar-refractivity contribution in [2.75, 3.05) is 19.7 Å². The summed E-state index contributed by atoms with van der Waals surface area (Å²) in [5, 5.41) is 0.588. The summed E-state index contributed by atoms with van der Waals surface area (Å²) in [6.45, 7) is 2.18. The Labute approximate surface area is 119 Å². The van der Waals surface area contributed by atoms with E-state index in [-0.39, 0.29) is 5.91 Å². The molecule has 1 aliphatic rings. The highest BCUT2D eigenvalue weighted by Gasteiger charge is 2.15. The Kier molecular flexibility index (Phi) is 5.52. The molecule has 0 atom stereocenters. The number of carbonyl (C=O) groups excluding carboxylic acids is 1. The Morgan fingerprint density at radius 3 is 2.53 bits per heavy atom. The van der Waals surface area contributed by atoms with Crippen LogP contribution in [0.4, 0.5) is 0 Å². The van der Waals surface area contributed by atoms with Crippen molar-refractivity contribution in [3.05, 3.63) is 29.3 Å². The zero-order chi connectivity index (χ0) is 13.5. The van der Waals surface area contributed by atoms with Crippen molar-refractivity contribution in [2.24, 2.45) is 0 Å². The Morgan fingerprint density at radius 1 is 1.16 bits per heavy atom. The largest absolute Gasteiger partial charge is 0.491 e. The number of ether oxygens (including phenoxy) is 1. The molecule has 1 aromatic carbocycles. The van der Waals surface area contributed by atoms with Crippen LogP contribution in [-0.4, -0.2) is 30.5 Å². The predicted molar refractivity (Wildman–Crippen MR) is 76.6 cm³/mol. The van der Waals surface area contributed by atoms with Crippen LogP contribution in [-0.2, 0) is 4.79 Å². The molecule has 1 saturated heterocycles. The third-order valence-corrected chi connectivity index (χ3v) is 3.68. The maximum atomic E-state index is 12.0. The molecular weight excluding hydrogens is 262 g/mol. The molecule has 1 aromatic rings. The first-order valence-electron chi connectivity index (χ1n) is 6.92. The zero-order valence-corrected chi connectivity index (χ0v) is 11.9. The molecule has 3 nitrogen and oxygen atoms in total. The number of nitrogens with zero attached hydrogens (tertiary/aromatic N) is 1. The molecule has 104 valence electrons. The van der Waals surface area contributed by atoms with Crippen LogP contribution in [0.15, 0.2) is 24.3 Å². The molecule has 19 heavy (non-hydrogen) atoms. The van der Waals surface area contributed by atoms with Crippen molar-refractivity contribution in [1.82, 2.24) is 4.90 Å². The molecule has 1 heterocycles. The number of hydrogen-bond donors (Lipinski definition) is 0. The van der Waals surface area contributed by atoms with Crippen molar-refractivity contribution in [3.8, 4) is 5.75 Å². The van der Waals surface area contributed by atoms with Crippen molar-refractivity contribution in [2.45, 2.75) is 32.1 Å². The van der Waals surface area contributed by atoms with Crippen LogP contribution < -0.4 is 4.74 Å². The van der Waals surface area contributed by atoms with Gasteiger partial charge in [-0.25, -0.2) is 0 Å². The van der Waals surface area contributed by atoms with Crippen LogP contribution in [0.25, 0.3) is 0 Å². The summed E-state index contributed by atoms with van der Waals surface area (Å²) in [5.41, 5.74) is 0. The molecule has 0 unspecified atom stereocenters. The van der Waals surface area contributed by atoms with Gasteiger partial charge in [-0.3, -0.25) is 4.79 Å². The van der Waals surface area contributed by atoms with E-state index < -0.39 is 0 Å². The van der Waals surface area contributed by atoms with Gasteiger partial charge in [0.25, 0.3) is 0 Å². The molecule has 0 N–H and O–H groups in total. The van der Waals surface area contributed by atoms with E-state index in [1.165, 1.54) is 12.8 Å². The molecule has 0 saturated carbocycles. The Bertz CT molecular complexity index is 414. The monoisotopic (exact) mass is 281 g/mol. The summed E-state index contributed by atoms with van der Waals surface area (Å²) in [5.74, 6) is 0.835. The van der Waals surface area contributed by atoms with Gasteiger partial charge in [0.1, 0.15) is 5.75 Å². The maximum Gasteiger partial charge on any atom is 0.225 e. The average Bonchev–Trinajstić information content (AvgIpc) is 2.70. The van der Waals surface area contributed by atoms with E-state index in [2.05, 4.69) is 0 Å². The van der Waals surface area contributed by atoms with Gasteiger partial charge in [-0.05, 0) is 25.0 Å². The molecule has 1 aliphatic heterocycles. The number of rotatable bonds is 4. The van der Waals surface area contributed by atoms with Gasteiger partial charge < -0.3 is 9.64 Å². The number of amides is 1. The van der Waals surface area contributed by atoms with E-state index in [0.29, 0.717) is 23.8 Å². The van der Waals surface area contributed by atoms with E-state index in [9.17, 15) is 4.79 Å². The molecule has 0 radical (unpaired) electrons. The Balaban J connectivity index is 1.76. The van der Waals surface area contributed by atoms with Gasteiger partial charge >= 0.3 is 0 Å². The molecular formula is C15H20ClNO2. The van der Waals surface area contributed by atoms with Gasteiger partial charge in [0, 0.05) is 13.1 Å². The molecule has 2 rings (SSSR count). The second-order valence-corrected chi connectivity index (χ2v) is 5.23. The lowest BCUT2D eigenvalue weighted by molar-refractivity contribution is -0.131. The lowest BCUT2D eigenvalue weighted by atomic mass is 10.2. The minimum absolute atomic E-state index is 0.189. The number of carbonyl (C=O) groups is 1. The van der Waals surface area contributed by atoms with E-state index in [1.54, 1.807) is 6.07 Å². The fraction of sp³-hybridized carbons (Fsp3) is 0.533. The lowest BCUT2D eigenvalue weighted by Crippen LogP contribution is -2.32. The topological polar surface area (TPSA) is 29.5 Å². The Morgan fingerprint density at radius 2 is 1.84 bits per heavy atom. The minimum Gasteiger partial charge on any atom is -0.491 e. The third-order valence-electron chi connectivity index (χ3n) is 3.37. The van der Waals surface area contributed by atoms with Crippen LogP contribution in [0.2, 0.25) is 5.02 Å². The van der Waals surface area contributed by atoms with E-state index >= 15 is 0 Å². The van der Waals surface area contributed by atoms with Crippen molar-refractivity contribution < 1.29 is 9.53 Å². The van der Waals surface area contributed by atoms with E-state index in [1.807, 2.05) is 23.1 Å². The summed E-state index contributed by atoms with van der Waals surface area (Å²) in [6, 6.07) is 7.33. The number of hydrogen-bond acceptors (Lipinski definition) is 2. The standard InChI is InChI=1S/C15H20ClNO2/c16-13-7-3-4-8-14(13)19-12-9-15(18)17-10-5-1-2-6-11-17/h3-4,7-8H,1-2,5-6,9-12H2. The second kappa shape index (κ2) is 7.39. The van der Waals surface area contributed by atoms with Crippen LogP contribution >= 0.6 is 11.6 Å². The SMILES string of the molecule is O=C(CCOc1ccccc1Cl)N1CCCCCC1. The molecule has 1 amide bonds. The first-order chi connectivity index (χ1) is 9.27. The first kappa shape index (κ1) is 14.2. The molecule has 4 heteroatoms. The Hall–Kier alpha value is -1.22. The molecule has 0 aliphatic carbocycles. The quantitative estimate of drug-likeness (QED) is 0.845. The summed E-state index contributed by atoms with van der Waals surface area (Å²) in [4.78, 5) is 14.0. The molecule has 0 bridgehead atoms. The number of halogens is 1. The fourth-order valence-electron chi connectivity index (χ4n) is 2.29. The van der Waals surface area contributed by atoms with Crippen molar-refractivity contribution >= 4 is 17.5 Å². The van der Waals surface area contributed by atoms with Gasteiger partial charge in [-0.2, -0.15) is 0 Å². The fourth-order valence-corrected chi connectivity index (χ4v) is 2.48. The third kappa shape index (κ3) is 4.43. The van der Waals surface area contributed by atoms with Crippen LogP contribution in [0, 0.1) is 0 Å². The zero-order valence-electron chi connectivity index (χ0n) is 11.1. The highest BCUT2D eigenvalue weighted by molar-refractivity contribution is 6.32. The normalized spacial score (nSPS) is 15.9. The van der Waals surface area contributed by atoms with Gasteiger partial charge in [0.15, 0.2) is 0 Å². The smallest absolute Gasteiger partial charge is 0.225 e. The van der Waals surface area contributed by atoms with Crippen molar-refractivity contribution in [3.63, 3.8) is 0 Å². The highest BCUT2D eigenvalue weighted by atomic mass is 35.5. The molecule has 1 fully saturated rings. The number of para-hydroxylation sites is 1. The number of likely N-dealkylation sites (tertiary alicyclic amines) is 1. The summed E-state index contributed by atoms with van der Waals surface area (Å²) in [6.07, 6.45) is 5.14. The van der Waals surface area contributed by atoms with Gasteiger partial charge in [-0.1, -0.05) is 36.6 Å². The average molecular weight is 282 g/mol. The lowest BCUT2D eigenvalue weighted by Gasteiger charge is -2.20. The summed E-state index contributed by atoms with van der Waals surface area (Å²) in [7, 11) is 0. The van der Waals surface area contributed by atoms with Gasteiger partial charge in [-0.15, -0.1) is 0 Å². The molecule has 0 aromatic heterocycles. The highest BCUT2D eigenvalue weighted by Crippen LogP contribution is 2.23. The van der Waals surface area contributed by atoms with Crippen LogP contribution in [0.5, 0.6) is 5.75 Å². The predicted octanol–water partition coefficient (Wildman–Crippen LogP) is 3.51. The first-order valence-corrected chi connectivity index (χ1v) is 7.30. The van der Waals surface area contributed by atoms with Gasteiger partial charge in [0.2, 0.25) is 5.91 Å². The van der Waals surface area contributed by atoms with E-state index in [4.69, 9.17) is 16.3 Å². The van der Waals surface area contributed by atoms with Crippen molar-refractivity contribution in [1.29, 1.82) is 0 Å². The van der Waals surface area contributed by atoms with Crippen LogP contribution in [0.1, 0.15) is 32.1 Å². The maximum absolute atomic E-state index is 12.0. The van der Waals surface area contributed by atoms with Gasteiger partial charge in [0.05, 0.1) is 18.1 Å².